The SMILES string of the molecule is C[C@@H](CO)CN(Cc1ccccc1)C(=O)Cc1ccc(O)c(Cl)c1. The molecule has 2 rings (SSSR count). The first-order chi connectivity index (χ1) is 11.5. The summed E-state index contributed by atoms with van der Waals surface area (Å²) in [5, 5.41) is 19.0. The third-order valence-electron chi connectivity index (χ3n) is 3.78. The van der Waals surface area contributed by atoms with Gasteiger partial charge in [-0.15, -0.1) is 0 Å². The Kier molecular flexibility index (Phi) is 6.64. The highest BCUT2D eigenvalue weighted by atomic mass is 35.5. The first kappa shape index (κ1) is 18.3. The first-order valence-corrected chi connectivity index (χ1v) is 8.27. The third-order valence-corrected chi connectivity index (χ3v) is 4.08. The Morgan fingerprint density at radius 3 is 2.50 bits per heavy atom. The van der Waals surface area contributed by atoms with Gasteiger partial charge in [-0.05, 0) is 29.2 Å². The van der Waals surface area contributed by atoms with E-state index in [1.807, 2.05) is 37.3 Å². The zero-order valence-corrected chi connectivity index (χ0v) is 14.4. The molecule has 2 N–H and O–H groups in total. The fraction of sp³-hybridized carbons (Fsp3) is 0.316. The Bertz CT molecular complexity index is 676. The van der Waals surface area contributed by atoms with Crippen LogP contribution in [-0.2, 0) is 17.8 Å². The quantitative estimate of drug-likeness (QED) is 0.808. The predicted octanol–water partition coefficient (Wildman–Crippen LogP) is 3.25. The van der Waals surface area contributed by atoms with Crippen molar-refractivity contribution in [1.82, 2.24) is 4.90 Å². The monoisotopic (exact) mass is 347 g/mol. The van der Waals surface area contributed by atoms with Crippen molar-refractivity contribution < 1.29 is 15.0 Å². The van der Waals surface area contributed by atoms with Gasteiger partial charge < -0.3 is 15.1 Å². The third kappa shape index (κ3) is 5.25. The molecular formula is C19H22ClNO3. The van der Waals surface area contributed by atoms with E-state index < -0.39 is 0 Å². The lowest BCUT2D eigenvalue weighted by Gasteiger charge is -2.25. The lowest BCUT2D eigenvalue weighted by molar-refractivity contribution is -0.131. The summed E-state index contributed by atoms with van der Waals surface area (Å²) in [5.41, 5.74) is 1.79. The molecule has 1 atom stereocenters. The number of carbonyl (C=O) groups excluding carboxylic acids is 1. The maximum atomic E-state index is 12.7. The number of nitrogens with zero attached hydrogens (tertiary/aromatic N) is 1. The van der Waals surface area contributed by atoms with Crippen LogP contribution in [0.15, 0.2) is 48.5 Å². The summed E-state index contributed by atoms with van der Waals surface area (Å²) < 4.78 is 0. The number of halogens is 1. The number of aliphatic hydroxyl groups is 1. The number of rotatable bonds is 7. The van der Waals surface area contributed by atoms with Gasteiger partial charge >= 0.3 is 0 Å². The average molecular weight is 348 g/mol. The molecule has 5 heteroatoms. The summed E-state index contributed by atoms with van der Waals surface area (Å²) in [4.78, 5) is 14.5. The minimum atomic E-state index is -0.0408. The molecule has 0 aliphatic heterocycles. The zero-order valence-electron chi connectivity index (χ0n) is 13.7. The average Bonchev–Trinajstić information content (AvgIpc) is 2.58. The second kappa shape index (κ2) is 8.71. The van der Waals surface area contributed by atoms with Crippen LogP contribution in [0.4, 0.5) is 0 Å². The minimum Gasteiger partial charge on any atom is -0.506 e. The number of amides is 1. The van der Waals surface area contributed by atoms with Crippen molar-refractivity contribution in [1.29, 1.82) is 0 Å². The molecular weight excluding hydrogens is 326 g/mol. The van der Waals surface area contributed by atoms with Crippen LogP contribution < -0.4 is 0 Å². The number of phenolic OH excluding ortho intramolecular Hbond substituents is 1. The van der Waals surface area contributed by atoms with Crippen LogP contribution in [0.3, 0.4) is 0 Å². The van der Waals surface area contributed by atoms with Crippen LogP contribution in [0.1, 0.15) is 18.1 Å². The Morgan fingerprint density at radius 2 is 1.88 bits per heavy atom. The number of aliphatic hydroxyl groups excluding tert-OH is 1. The number of benzene rings is 2. The number of hydrogen-bond acceptors (Lipinski definition) is 3. The van der Waals surface area contributed by atoms with E-state index >= 15 is 0 Å². The van der Waals surface area contributed by atoms with Crippen molar-refractivity contribution in [3.05, 3.63) is 64.7 Å². The molecule has 0 radical (unpaired) electrons. The molecule has 0 spiro atoms. The molecule has 1 amide bonds. The summed E-state index contributed by atoms with van der Waals surface area (Å²) in [6.07, 6.45) is 0.199. The standard InChI is InChI=1S/C19H22ClNO3/c1-14(13-22)11-21(12-15-5-3-2-4-6-15)19(24)10-16-7-8-18(23)17(20)9-16/h2-9,14,22-23H,10-13H2,1H3/t14-/m1/s1. The van der Waals surface area contributed by atoms with Gasteiger partial charge in [0.15, 0.2) is 0 Å². The highest BCUT2D eigenvalue weighted by Gasteiger charge is 2.17. The normalized spacial score (nSPS) is 12.0. The van der Waals surface area contributed by atoms with E-state index in [0.717, 1.165) is 11.1 Å². The molecule has 0 saturated carbocycles. The first-order valence-electron chi connectivity index (χ1n) is 7.89. The number of aromatic hydroxyl groups is 1. The van der Waals surface area contributed by atoms with Crippen LogP contribution in [0.25, 0.3) is 0 Å². The lowest BCUT2D eigenvalue weighted by Crippen LogP contribution is -2.36. The van der Waals surface area contributed by atoms with Gasteiger partial charge in [0.05, 0.1) is 11.4 Å². The highest BCUT2D eigenvalue weighted by Crippen LogP contribution is 2.24. The molecule has 128 valence electrons. The van der Waals surface area contributed by atoms with Gasteiger partial charge in [0.2, 0.25) is 5.91 Å². The second-order valence-corrected chi connectivity index (χ2v) is 6.42. The van der Waals surface area contributed by atoms with Gasteiger partial charge in [0.25, 0.3) is 0 Å². The summed E-state index contributed by atoms with van der Waals surface area (Å²) in [6.45, 7) is 2.91. The smallest absolute Gasteiger partial charge is 0.227 e. The second-order valence-electron chi connectivity index (χ2n) is 6.01. The molecule has 0 heterocycles. The van der Waals surface area contributed by atoms with Gasteiger partial charge in [0.1, 0.15) is 5.75 Å². The van der Waals surface area contributed by atoms with E-state index in [4.69, 9.17) is 11.6 Å². The van der Waals surface area contributed by atoms with Gasteiger partial charge in [-0.2, -0.15) is 0 Å². The van der Waals surface area contributed by atoms with Crippen molar-refractivity contribution in [2.45, 2.75) is 19.9 Å². The largest absolute Gasteiger partial charge is 0.506 e. The van der Waals surface area contributed by atoms with E-state index in [1.165, 1.54) is 6.07 Å². The maximum Gasteiger partial charge on any atom is 0.227 e. The zero-order chi connectivity index (χ0) is 17.5. The summed E-state index contributed by atoms with van der Waals surface area (Å²) in [5.74, 6) is -0.0371. The number of carbonyl (C=O) groups is 1. The number of phenols is 1. The molecule has 0 aromatic heterocycles. The molecule has 0 aliphatic rings. The highest BCUT2D eigenvalue weighted by molar-refractivity contribution is 6.32. The van der Waals surface area contributed by atoms with Crippen molar-refractivity contribution in [2.24, 2.45) is 5.92 Å². The molecule has 2 aromatic carbocycles. The van der Waals surface area contributed by atoms with Crippen LogP contribution >= 0.6 is 11.6 Å². The fourth-order valence-corrected chi connectivity index (χ4v) is 2.64. The molecule has 2 aromatic rings. The van der Waals surface area contributed by atoms with Crippen molar-refractivity contribution in [3.63, 3.8) is 0 Å². The van der Waals surface area contributed by atoms with Gasteiger partial charge in [-0.25, -0.2) is 0 Å². The van der Waals surface area contributed by atoms with E-state index in [-0.39, 0.29) is 35.6 Å². The Labute approximate surface area is 147 Å². The summed E-state index contributed by atoms with van der Waals surface area (Å²) >= 11 is 5.91. The van der Waals surface area contributed by atoms with E-state index in [1.54, 1.807) is 17.0 Å². The van der Waals surface area contributed by atoms with Gasteiger partial charge in [0, 0.05) is 19.7 Å². The molecule has 0 bridgehead atoms. The van der Waals surface area contributed by atoms with Crippen LogP contribution in [0, 0.1) is 5.92 Å². The van der Waals surface area contributed by atoms with E-state index in [0.29, 0.717) is 13.1 Å². The number of hydrogen-bond donors (Lipinski definition) is 2. The topological polar surface area (TPSA) is 60.8 Å². The lowest BCUT2D eigenvalue weighted by atomic mass is 10.1. The molecule has 0 aliphatic carbocycles. The Hall–Kier alpha value is -2.04. The van der Waals surface area contributed by atoms with Crippen LogP contribution in [0.5, 0.6) is 5.75 Å². The molecule has 0 fully saturated rings. The van der Waals surface area contributed by atoms with E-state index in [2.05, 4.69) is 0 Å². The summed E-state index contributed by atoms with van der Waals surface area (Å²) in [7, 11) is 0. The fourth-order valence-electron chi connectivity index (χ4n) is 2.44. The molecule has 0 saturated heterocycles. The van der Waals surface area contributed by atoms with Crippen molar-refractivity contribution in [2.75, 3.05) is 13.2 Å². The van der Waals surface area contributed by atoms with Crippen LogP contribution in [0.2, 0.25) is 5.02 Å². The summed E-state index contributed by atoms with van der Waals surface area (Å²) in [6, 6.07) is 14.5. The van der Waals surface area contributed by atoms with Crippen LogP contribution in [-0.4, -0.2) is 34.2 Å². The van der Waals surface area contributed by atoms with Gasteiger partial charge in [-0.1, -0.05) is 54.9 Å². The van der Waals surface area contributed by atoms with Crippen molar-refractivity contribution in [3.8, 4) is 5.75 Å². The molecule has 4 nitrogen and oxygen atoms in total. The Balaban J connectivity index is 2.12. The molecule has 0 unspecified atom stereocenters. The predicted molar refractivity (Wildman–Crippen MR) is 94.9 cm³/mol. The van der Waals surface area contributed by atoms with Crippen molar-refractivity contribution >= 4 is 17.5 Å². The minimum absolute atomic E-state index is 0.000989. The van der Waals surface area contributed by atoms with E-state index in [9.17, 15) is 15.0 Å². The maximum absolute atomic E-state index is 12.7. The molecule has 24 heavy (non-hydrogen) atoms. The Morgan fingerprint density at radius 1 is 1.17 bits per heavy atom. The van der Waals surface area contributed by atoms with Gasteiger partial charge in [-0.3, -0.25) is 4.79 Å².